The van der Waals surface area contributed by atoms with Crippen molar-refractivity contribution in [3.05, 3.63) is 58.9 Å². The van der Waals surface area contributed by atoms with Gasteiger partial charge >= 0.3 is 0 Å². The zero-order chi connectivity index (χ0) is 23.0. The van der Waals surface area contributed by atoms with E-state index in [1.165, 1.54) is 36.8 Å². The quantitative estimate of drug-likeness (QED) is 0.421. The number of aryl methyl sites for hydroxylation is 1. The SMILES string of the molecule is Cc1ccc(F)c(-c2ccc(CO[Si](C)(C)C(C)(C)C)cc2C2CCCCC2(C)C)c1. The van der Waals surface area contributed by atoms with Crippen LogP contribution < -0.4 is 0 Å². The third kappa shape index (κ3) is 5.31. The van der Waals surface area contributed by atoms with Gasteiger partial charge in [-0.15, -0.1) is 0 Å². The number of halogens is 1. The monoisotopic (exact) mass is 440 g/mol. The van der Waals surface area contributed by atoms with E-state index in [4.69, 9.17) is 4.43 Å². The summed E-state index contributed by atoms with van der Waals surface area (Å²) in [4.78, 5) is 0. The zero-order valence-electron chi connectivity index (χ0n) is 20.9. The number of benzene rings is 2. The maximum Gasteiger partial charge on any atom is 0.192 e. The first-order chi connectivity index (χ1) is 14.3. The van der Waals surface area contributed by atoms with Crippen molar-refractivity contribution < 1.29 is 8.82 Å². The first-order valence-corrected chi connectivity index (χ1v) is 14.8. The molecule has 0 N–H and O–H groups in total. The van der Waals surface area contributed by atoms with Gasteiger partial charge < -0.3 is 4.43 Å². The van der Waals surface area contributed by atoms with Crippen molar-refractivity contribution in [3.63, 3.8) is 0 Å². The lowest BCUT2D eigenvalue weighted by Crippen LogP contribution is -2.40. The van der Waals surface area contributed by atoms with E-state index in [0.717, 1.165) is 16.7 Å². The minimum Gasteiger partial charge on any atom is -0.413 e. The molecule has 0 bridgehead atoms. The van der Waals surface area contributed by atoms with Crippen LogP contribution in [0.1, 0.15) is 82.9 Å². The summed E-state index contributed by atoms with van der Waals surface area (Å²) in [5.41, 5.74) is 5.59. The molecule has 1 nitrogen and oxygen atoms in total. The number of rotatable bonds is 5. The van der Waals surface area contributed by atoms with Crippen molar-refractivity contribution in [2.24, 2.45) is 5.41 Å². The fourth-order valence-corrected chi connectivity index (χ4v) is 5.59. The van der Waals surface area contributed by atoms with E-state index in [9.17, 15) is 4.39 Å². The van der Waals surface area contributed by atoms with Crippen LogP contribution in [0.5, 0.6) is 0 Å². The Hall–Kier alpha value is -1.45. The van der Waals surface area contributed by atoms with Crippen LogP contribution in [0.2, 0.25) is 18.1 Å². The Morgan fingerprint density at radius 2 is 1.74 bits per heavy atom. The summed E-state index contributed by atoms with van der Waals surface area (Å²) in [6.45, 7) is 18.9. The molecule has 31 heavy (non-hydrogen) atoms. The molecule has 1 aliphatic rings. The third-order valence-corrected chi connectivity index (χ3v) is 12.3. The van der Waals surface area contributed by atoms with E-state index in [1.54, 1.807) is 6.07 Å². The van der Waals surface area contributed by atoms with Gasteiger partial charge in [-0.3, -0.25) is 0 Å². The van der Waals surface area contributed by atoms with Crippen LogP contribution in [0, 0.1) is 18.2 Å². The molecule has 0 aliphatic heterocycles. The summed E-state index contributed by atoms with van der Waals surface area (Å²) in [7, 11) is -1.83. The van der Waals surface area contributed by atoms with Crippen molar-refractivity contribution in [2.75, 3.05) is 0 Å². The molecule has 1 saturated carbocycles. The lowest BCUT2D eigenvalue weighted by atomic mass is 9.65. The van der Waals surface area contributed by atoms with Crippen molar-refractivity contribution in [1.29, 1.82) is 0 Å². The highest BCUT2D eigenvalue weighted by Gasteiger charge is 2.38. The van der Waals surface area contributed by atoms with Crippen LogP contribution >= 0.6 is 0 Å². The van der Waals surface area contributed by atoms with Gasteiger partial charge in [0.2, 0.25) is 0 Å². The van der Waals surface area contributed by atoms with Gasteiger partial charge in [-0.1, -0.05) is 77.3 Å². The summed E-state index contributed by atoms with van der Waals surface area (Å²) in [6.07, 6.45) is 4.92. The summed E-state index contributed by atoms with van der Waals surface area (Å²) in [5.74, 6) is 0.301. The van der Waals surface area contributed by atoms with Gasteiger partial charge in [0, 0.05) is 5.56 Å². The smallest absolute Gasteiger partial charge is 0.192 e. The molecule has 170 valence electrons. The largest absolute Gasteiger partial charge is 0.413 e. The normalized spacial score (nSPS) is 19.5. The molecule has 0 aromatic heterocycles. The van der Waals surface area contributed by atoms with Crippen molar-refractivity contribution >= 4 is 8.32 Å². The molecule has 0 heterocycles. The molecule has 3 rings (SSSR count). The van der Waals surface area contributed by atoms with Crippen molar-refractivity contribution in [2.45, 2.75) is 97.9 Å². The molecule has 0 amide bonds. The van der Waals surface area contributed by atoms with E-state index >= 15 is 0 Å². The minimum atomic E-state index is -1.83. The molecule has 2 aromatic carbocycles. The predicted molar refractivity (Wildman–Crippen MR) is 134 cm³/mol. The number of hydrogen-bond acceptors (Lipinski definition) is 1. The van der Waals surface area contributed by atoms with Crippen LogP contribution in [0.25, 0.3) is 11.1 Å². The van der Waals surface area contributed by atoms with Crippen LogP contribution in [0.3, 0.4) is 0 Å². The van der Waals surface area contributed by atoms with Crippen LogP contribution in [0.15, 0.2) is 36.4 Å². The van der Waals surface area contributed by atoms with Gasteiger partial charge in [-0.05, 0) is 78.1 Å². The second-order valence-electron chi connectivity index (χ2n) is 11.7. The Kier molecular flexibility index (Phi) is 6.89. The molecular formula is C28H41FOSi. The Morgan fingerprint density at radius 3 is 2.39 bits per heavy atom. The van der Waals surface area contributed by atoms with Crippen molar-refractivity contribution in [1.82, 2.24) is 0 Å². The summed E-state index contributed by atoms with van der Waals surface area (Å²) < 4.78 is 21.4. The molecule has 0 radical (unpaired) electrons. The fraction of sp³-hybridized carbons (Fsp3) is 0.571. The fourth-order valence-electron chi connectivity index (χ4n) is 4.63. The molecule has 0 saturated heterocycles. The highest BCUT2D eigenvalue weighted by atomic mass is 28.4. The Morgan fingerprint density at radius 1 is 1.03 bits per heavy atom. The molecule has 0 spiro atoms. The maximum atomic E-state index is 14.9. The second kappa shape index (κ2) is 8.82. The first-order valence-electron chi connectivity index (χ1n) is 11.9. The molecule has 1 unspecified atom stereocenters. The van der Waals surface area contributed by atoms with E-state index in [-0.39, 0.29) is 16.3 Å². The predicted octanol–water partition coefficient (Wildman–Crippen LogP) is 9.01. The average Bonchev–Trinajstić information content (AvgIpc) is 2.67. The van der Waals surface area contributed by atoms with Gasteiger partial charge in [0.15, 0.2) is 8.32 Å². The summed E-state index contributed by atoms with van der Waals surface area (Å²) in [6, 6.07) is 12.1. The van der Waals surface area contributed by atoms with Crippen LogP contribution in [-0.2, 0) is 11.0 Å². The van der Waals surface area contributed by atoms with E-state index in [0.29, 0.717) is 12.5 Å². The van der Waals surface area contributed by atoms with Gasteiger partial charge in [-0.2, -0.15) is 0 Å². The first kappa shape index (κ1) is 24.2. The highest BCUT2D eigenvalue weighted by Crippen LogP contribution is 2.49. The van der Waals surface area contributed by atoms with Gasteiger partial charge in [0.25, 0.3) is 0 Å². The molecular weight excluding hydrogens is 399 g/mol. The molecule has 1 atom stereocenters. The minimum absolute atomic E-state index is 0.134. The summed E-state index contributed by atoms with van der Waals surface area (Å²) in [5, 5.41) is 0.186. The lowest BCUT2D eigenvalue weighted by molar-refractivity contribution is 0.199. The van der Waals surface area contributed by atoms with E-state index in [2.05, 4.69) is 65.9 Å². The highest BCUT2D eigenvalue weighted by molar-refractivity contribution is 6.74. The number of hydrogen-bond donors (Lipinski definition) is 0. The third-order valence-electron chi connectivity index (χ3n) is 7.82. The van der Waals surface area contributed by atoms with Crippen molar-refractivity contribution in [3.8, 4) is 11.1 Å². The zero-order valence-corrected chi connectivity index (χ0v) is 21.9. The van der Waals surface area contributed by atoms with Gasteiger partial charge in [0.1, 0.15) is 5.82 Å². The standard InChI is InChI=1S/C28H41FOSi/c1-20-12-15-26(29)24(17-20)22-14-13-21(19-30-31(7,8)27(2,3)4)18-23(22)25-11-9-10-16-28(25,5)6/h12-15,17-18,25H,9-11,16,19H2,1-8H3. The molecule has 1 fully saturated rings. The van der Waals surface area contributed by atoms with E-state index in [1.807, 2.05) is 19.1 Å². The van der Waals surface area contributed by atoms with Gasteiger partial charge in [-0.25, -0.2) is 4.39 Å². The maximum absolute atomic E-state index is 14.9. The Balaban J connectivity index is 2.05. The molecule has 3 heteroatoms. The van der Waals surface area contributed by atoms with Crippen LogP contribution in [0.4, 0.5) is 4.39 Å². The average molecular weight is 441 g/mol. The summed E-state index contributed by atoms with van der Waals surface area (Å²) >= 11 is 0. The van der Waals surface area contributed by atoms with E-state index < -0.39 is 8.32 Å². The Bertz CT molecular complexity index is 923. The van der Waals surface area contributed by atoms with Crippen LogP contribution in [-0.4, -0.2) is 8.32 Å². The Labute approximate surface area is 190 Å². The lowest BCUT2D eigenvalue weighted by Gasteiger charge is -2.40. The molecule has 1 aliphatic carbocycles. The molecule has 2 aromatic rings. The topological polar surface area (TPSA) is 9.23 Å². The second-order valence-corrected chi connectivity index (χ2v) is 16.6. The van der Waals surface area contributed by atoms with Gasteiger partial charge in [0.05, 0.1) is 6.61 Å².